The van der Waals surface area contributed by atoms with Gasteiger partial charge in [0.15, 0.2) is 0 Å². The highest BCUT2D eigenvalue weighted by Gasteiger charge is 2.13. The molecular weight excluding hydrogens is 244 g/mol. The molecule has 0 aliphatic carbocycles. The maximum atomic E-state index is 3.71. The summed E-state index contributed by atoms with van der Waals surface area (Å²) in [5.41, 5.74) is 1.36. The number of para-hydroxylation sites is 1. The summed E-state index contributed by atoms with van der Waals surface area (Å²) in [6, 6.07) is 11.5. The van der Waals surface area contributed by atoms with Crippen LogP contribution in [-0.2, 0) is 0 Å². The Labute approximate surface area is 125 Å². The third-order valence-corrected chi connectivity index (χ3v) is 3.66. The molecule has 20 heavy (non-hydrogen) atoms. The highest BCUT2D eigenvalue weighted by Crippen LogP contribution is 2.15. The summed E-state index contributed by atoms with van der Waals surface area (Å²) in [6.07, 6.45) is 6.24. The van der Waals surface area contributed by atoms with Gasteiger partial charge in [-0.2, -0.15) is 0 Å². The molecule has 0 heterocycles. The zero-order valence-electron chi connectivity index (χ0n) is 13.6. The SMILES string of the molecule is CCCCN(CC(CCC)NCCC)c1ccccc1. The van der Waals surface area contributed by atoms with E-state index in [-0.39, 0.29) is 0 Å². The van der Waals surface area contributed by atoms with Gasteiger partial charge in [-0.15, -0.1) is 0 Å². The topological polar surface area (TPSA) is 15.3 Å². The summed E-state index contributed by atoms with van der Waals surface area (Å²) in [5, 5.41) is 3.71. The number of anilines is 1. The Balaban J connectivity index is 2.65. The van der Waals surface area contributed by atoms with Crippen LogP contribution in [0.1, 0.15) is 52.9 Å². The molecule has 0 aliphatic heterocycles. The van der Waals surface area contributed by atoms with Gasteiger partial charge in [-0.05, 0) is 37.9 Å². The van der Waals surface area contributed by atoms with Gasteiger partial charge in [0.1, 0.15) is 0 Å². The lowest BCUT2D eigenvalue weighted by Gasteiger charge is -2.30. The quantitative estimate of drug-likeness (QED) is 0.642. The third-order valence-electron chi connectivity index (χ3n) is 3.66. The minimum atomic E-state index is 0.608. The zero-order valence-corrected chi connectivity index (χ0v) is 13.6. The fourth-order valence-corrected chi connectivity index (χ4v) is 2.53. The number of nitrogens with one attached hydrogen (secondary N) is 1. The second-order valence-corrected chi connectivity index (χ2v) is 5.57. The molecule has 1 N–H and O–H groups in total. The van der Waals surface area contributed by atoms with Gasteiger partial charge in [-0.1, -0.05) is 51.8 Å². The summed E-state index contributed by atoms with van der Waals surface area (Å²) in [5.74, 6) is 0. The lowest BCUT2D eigenvalue weighted by Crippen LogP contribution is -2.42. The largest absolute Gasteiger partial charge is 0.370 e. The van der Waals surface area contributed by atoms with E-state index in [1.165, 1.54) is 37.8 Å². The molecule has 114 valence electrons. The Kier molecular flexibility index (Phi) is 9.14. The Hall–Kier alpha value is -1.02. The van der Waals surface area contributed by atoms with Crippen molar-refractivity contribution in [1.29, 1.82) is 0 Å². The molecule has 1 rings (SSSR count). The van der Waals surface area contributed by atoms with Crippen LogP contribution in [0.4, 0.5) is 5.69 Å². The van der Waals surface area contributed by atoms with E-state index in [4.69, 9.17) is 0 Å². The Morgan fingerprint density at radius 2 is 1.75 bits per heavy atom. The fourth-order valence-electron chi connectivity index (χ4n) is 2.53. The maximum absolute atomic E-state index is 3.71. The minimum absolute atomic E-state index is 0.608. The molecule has 1 atom stereocenters. The first-order valence-corrected chi connectivity index (χ1v) is 8.35. The van der Waals surface area contributed by atoms with Crippen LogP contribution in [0.25, 0.3) is 0 Å². The minimum Gasteiger partial charge on any atom is -0.370 e. The zero-order chi connectivity index (χ0) is 14.6. The van der Waals surface area contributed by atoms with Crippen LogP contribution < -0.4 is 10.2 Å². The summed E-state index contributed by atoms with van der Waals surface area (Å²) in [6.45, 7) is 10.2. The van der Waals surface area contributed by atoms with Gasteiger partial charge in [0.2, 0.25) is 0 Å². The van der Waals surface area contributed by atoms with Gasteiger partial charge in [0.05, 0.1) is 0 Å². The first-order valence-electron chi connectivity index (χ1n) is 8.35. The molecular formula is C18H32N2. The lowest BCUT2D eigenvalue weighted by molar-refractivity contribution is 0.466. The van der Waals surface area contributed by atoms with Crippen molar-refractivity contribution in [3.05, 3.63) is 30.3 Å². The van der Waals surface area contributed by atoms with Crippen molar-refractivity contribution in [2.75, 3.05) is 24.5 Å². The standard InChI is InChI=1S/C18H32N2/c1-4-7-15-20(18-12-9-8-10-13-18)16-17(11-5-2)19-14-6-3/h8-10,12-13,17,19H,4-7,11,14-16H2,1-3H3. The maximum Gasteiger partial charge on any atom is 0.0366 e. The molecule has 2 nitrogen and oxygen atoms in total. The van der Waals surface area contributed by atoms with Crippen molar-refractivity contribution in [3.8, 4) is 0 Å². The molecule has 0 saturated heterocycles. The fraction of sp³-hybridized carbons (Fsp3) is 0.667. The van der Waals surface area contributed by atoms with Gasteiger partial charge in [0.25, 0.3) is 0 Å². The van der Waals surface area contributed by atoms with Crippen LogP contribution in [0.15, 0.2) is 30.3 Å². The summed E-state index contributed by atoms with van der Waals surface area (Å²) >= 11 is 0. The number of rotatable bonds is 11. The first kappa shape index (κ1) is 17.0. The molecule has 0 spiro atoms. The molecule has 0 bridgehead atoms. The van der Waals surface area contributed by atoms with Crippen molar-refractivity contribution in [3.63, 3.8) is 0 Å². The predicted molar refractivity (Wildman–Crippen MR) is 90.6 cm³/mol. The van der Waals surface area contributed by atoms with Crippen LogP contribution in [0.3, 0.4) is 0 Å². The molecule has 1 aromatic rings. The van der Waals surface area contributed by atoms with Crippen molar-refractivity contribution in [1.82, 2.24) is 5.32 Å². The summed E-state index contributed by atoms with van der Waals surface area (Å²) in [7, 11) is 0. The molecule has 0 aliphatic rings. The van der Waals surface area contributed by atoms with Crippen LogP contribution in [-0.4, -0.2) is 25.7 Å². The normalized spacial score (nSPS) is 12.3. The van der Waals surface area contributed by atoms with Crippen molar-refractivity contribution >= 4 is 5.69 Å². The number of hydrogen-bond acceptors (Lipinski definition) is 2. The van der Waals surface area contributed by atoms with E-state index in [0.717, 1.165) is 19.6 Å². The monoisotopic (exact) mass is 276 g/mol. The summed E-state index contributed by atoms with van der Waals surface area (Å²) < 4.78 is 0. The van der Waals surface area contributed by atoms with Crippen LogP contribution in [0.2, 0.25) is 0 Å². The van der Waals surface area contributed by atoms with Crippen molar-refractivity contribution in [2.24, 2.45) is 0 Å². The average Bonchev–Trinajstić information content (AvgIpc) is 2.49. The van der Waals surface area contributed by atoms with Crippen LogP contribution in [0.5, 0.6) is 0 Å². The number of nitrogens with zero attached hydrogens (tertiary/aromatic N) is 1. The summed E-state index contributed by atoms with van der Waals surface area (Å²) in [4.78, 5) is 2.55. The number of unbranched alkanes of at least 4 members (excludes halogenated alkanes) is 1. The van der Waals surface area contributed by atoms with Gasteiger partial charge in [-0.3, -0.25) is 0 Å². The smallest absolute Gasteiger partial charge is 0.0366 e. The average molecular weight is 276 g/mol. The second kappa shape index (κ2) is 10.7. The van der Waals surface area contributed by atoms with E-state index in [1.807, 2.05) is 0 Å². The first-order chi connectivity index (χ1) is 9.81. The van der Waals surface area contributed by atoms with E-state index in [2.05, 4.69) is 61.3 Å². The number of hydrogen-bond donors (Lipinski definition) is 1. The molecule has 1 unspecified atom stereocenters. The van der Waals surface area contributed by atoms with E-state index in [0.29, 0.717) is 6.04 Å². The van der Waals surface area contributed by atoms with Gasteiger partial charge in [-0.25, -0.2) is 0 Å². The molecule has 1 aromatic carbocycles. The molecule has 2 heteroatoms. The van der Waals surface area contributed by atoms with E-state index >= 15 is 0 Å². The van der Waals surface area contributed by atoms with E-state index in [1.54, 1.807) is 0 Å². The van der Waals surface area contributed by atoms with Crippen LogP contribution >= 0.6 is 0 Å². The van der Waals surface area contributed by atoms with Gasteiger partial charge >= 0.3 is 0 Å². The number of benzene rings is 1. The van der Waals surface area contributed by atoms with Crippen molar-refractivity contribution in [2.45, 2.75) is 58.9 Å². The Morgan fingerprint density at radius 3 is 2.35 bits per heavy atom. The lowest BCUT2D eigenvalue weighted by atomic mass is 10.1. The molecule has 0 fully saturated rings. The van der Waals surface area contributed by atoms with Gasteiger partial charge < -0.3 is 10.2 Å². The Morgan fingerprint density at radius 1 is 1.00 bits per heavy atom. The van der Waals surface area contributed by atoms with E-state index in [9.17, 15) is 0 Å². The molecule has 0 saturated carbocycles. The van der Waals surface area contributed by atoms with Crippen molar-refractivity contribution < 1.29 is 0 Å². The highest BCUT2D eigenvalue weighted by atomic mass is 15.2. The Bertz CT molecular complexity index is 323. The third kappa shape index (κ3) is 6.42. The molecule has 0 radical (unpaired) electrons. The molecule has 0 amide bonds. The highest BCUT2D eigenvalue weighted by molar-refractivity contribution is 5.46. The second-order valence-electron chi connectivity index (χ2n) is 5.57. The van der Waals surface area contributed by atoms with Crippen LogP contribution in [0, 0.1) is 0 Å². The molecule has 0 aromatic heterocycles. The predicted octanol–water partition coefficient (Wildman–Crippen LogP) is 4.46. The van der Waals surface area contributed by atoms with Gasteiger partial charge in [0, 0.05) is 24.8 Å². The van der Waals surface area contributed by atoms with E-state index < -0.39 is 0 Å².